The lowest BCUT2D eigenvalue weighted by molar-refractivity contribution is -0.137. The number of nitrogens with two attached hydrogens (primary N) is 1. The molecule has 0 aliphatic heterocycles. The smallest absolute Gasteiger partial charge is 0.227 e. The van der Waals surface area contributed by atoms with Gasteiger partial charge in [0.25, 0.3) is 0 Å². The van der Waals surface area contributed by atoms with Crippen LogP contribution in [0, 0.1) is 5.92 Å². The summed E-state index contributed by atoms with van der Waals surface area (Å²) < 4.78 is 0. The molecule has 1 aliphatic rings. The second-order valence-electron chi connectivity index (χ2n) is 4.96. The number of hydrogen-bond donors (Lipinski definition) is 2. The fourth-order valence-electron chi connectivity index (χ4n) is 2.60. The van der Waals surface area contributed by atoms with E-state index in [0.717, 1.165) is 38.6 Å². The highest BCUT2D eigenvalue weighted by atomic mass is 16.3. The molecule has 0 aromatic carbocycles. The molecule has 1 aliphatic carbocycles. The highest BCUT2D eigenvalue weighted by Crippen LogP contribution is 2.24. The van der Waals surface area contributed by atoms with Gasteiger partial charge >= 0.3 is 0 Å². The maximum Gasteiger partial charge on any atom is 0.227 e. The van der Waals surface area contributed by atoms with Gasteiger partial charge in [0.05, 0.1) is 12.5 Å². The summed E-state index contributed by atoms with van der Waals surface area (Å²) in [5.41, 5.74) is 6.10. The molecule has 1 amide bonds. The van der Waals surface area contributed by atoms with E-state index in [1.165, 1.54) is 6.42 Å². The third-order valence-electron chi connectivity index (χ3n) is 3.56. The van der Waals surface area contributed by atoms with E-state index in [2.05, 4.69) is 0 Å². The maximum absolute atomic E-state index is 12.4. The zero-order valence-electron chi connectivity index (χ0n) is 10.9. The van der Waals surface area contributed by atoms with Crippen LogP contribution in [-0.4, -0.2) is 41.7 Å². The third-order valence-corrected chi connectivity index (χ3v) is 3.56. The van der Waals surface area contributed by atoms with Gasteiger partial charge in [0.2, 0.25) is 5.91 Å². The Morgan fingerprint density at radius 3 is 2.65 bits per heavy atom. The Morgan fingerprint density at radius 1 is 1.29 bits per heavy atom. The highest BCUT2D eigenvalue weighted by molar-refractivity contribution is 5.79. The van der Waals surface area contributed by atoms with E-state index in [-0.39, 0.29) is 24.5 Å². The average Bonchev–Trinajstić information content (AvgIpc) is 2.53. The lowest BCUT2D eigenvalue weighted by Crippen LogP contribution is -2.45. The van der Waals surface area contributed by atoms with E-state index in [1.807, 2.05) is 6.92 Å². The second kappa shape index (κ2) is 7.67. The molecule has 0 aromatic rings. The molecule has 3 N–H and O–H groups in total. The van der Waals surface area contributed by atoms with E-state index in [0.29, 0.717) is 6.54 Å². The summed E-state index contributed by atoms with van der Waals surface area (Å²) in [4.78, 5) is 14.1. The number of aliphatic hydroxyl groups is 1. The standard InChI is InChI=1S/C13H26N2O2/c1-2-8-15(9-10-16)13(17)11-6-4-3-5-7-12(11)14/h11-12,16H,2-10,14H2,1H3. The van der Waals surface area contributed by atoms with Crippen LogP contribution in [0.25, 0.3) is 0 Å². The molecular weight excluding hydrogens is 216 g/mol. The molecule has 2 unspecified atom stereocenters. The van der Waals surface area contributed by atoms with Crippen molar-refractivity contribution in [3.8, 4) is 0 Å². The van der Waals surface area contributed by atoms with Crippen LogP contribution in [0.3, 0.4) is 0 Å². The molecule has 0 bridgehead atoms. The summed E-state index contributed by atoms with van der Waals surface area (Å²) in [6.45, 7) is 3.25. The van der Waals surface area contributed by atoms with Gasteiger partial charge in [0.1, 0.15) is 0 Å². The van der Waals surface area contributed by atoms with Gasteiger partial charge in [-0.1, -0.05) is 26.2 Å². The van der Waals surface area contributed by atoms with Gasteiger partial charge in [-0.3, -0.25) is 4.79 Å². The number of carbonyl (C=O) groups excluding carboxylic acids is 1. The summed E-state index contributed by atoms with van der Waals surface area (Å²) in [5.74, 6) is 0.117. The van der Waals surface area contributed by atoms with Gasteiger partial charge in [0.15, 0.2) is 0 Å². The molecule has 2 atom stereocenters. The van der Waals surface area contributed by atoms with Crippen molar-refractivity contribution in [1.82, 2.24) is 4.90 Å². The fraction of sp³-hybridized carbons (Fsp3) is 0.923. The summed E-state index contributed by atoms with van der Waals surface area (Å²) in [7, 11) is 0. The molecule has 4 heteroatoms. The Balaban J connectivity index is 2.62. The molecule has 0 heterocycles. The van der Waals surface area contributed by atoms with Crippen molar-refractivity contribution in [1.29, 1.82) is 0 Å². The Labute approximate surface area is 104 Å². The Bertz CT molecular complexity index is 227. The molecule has 0 aromatic heterocycles. The normalized spacial score (nSPS) is 25.4. The average molecular weight is 242 g/mol. The molecular formula is C13H26N2O2. The summed E-state index contributed by atoms with van der Waals surface area (Å²) >= 11 is 0. The first-order valence-electron chi connectivity index (χ1n) is 6.86. The van der Waals surface area contributed by atoms with Crippen LogP contribution >= 0.6 is 0 Å². The lowest BCUT2D eigenvalue weighted by atomic mass is 9.94. The van der Waals surface area contributed by atoms with Crippen molar-refractivity contribution in [2.45, 2.75) is 51.5 Å². The number of nitrogens with zero attached hydrogens (tertiary/aromatic N) is 1. The Morgan fingerprint density at radius 2 is 2.00 bits per heavy atom. The van der Waals surface area contributed by atoms with Crippen LogP contribution in [0.5, 0.6) is 0 Å². The van der Waals surface area contributed by atoms with Crippen molar-refractivity contribution in [3.63, 3.8) is 0 Å². The Hall–Kier alpha value is -0.610. The second-order valence-corrected chi connectivity index (χ2v) is 4.96. The van der Waals surface area contributed by atoms with Crippen LogP contribution in [0.1, 0.15) is 45.4 Å². The minimum absolute atomic E-state index is 0.00282. The van der Waals surface area contributed by atoms with E-state index in [1.54, 1.807) is 4.90 Å². The summed E-state index contributed by atoms with van der Waals surface area (Å²) in [6.07, 6.45) is 6.21. The molecule has 1 rings (SSSR count). The minimum Gasteiger partial charge on any atom is -0.395 e. The first kappa shape index (κ1) is 14.5. The molecule has 1 saturated carbocycles. The highest BCUT2D eigenvalue weighted by Gasteiger charge is 2.29. The molecule has 0 spiro atoms. The minimum atomic E-state index is -0.0319. The van der Waals surface area contributed by atoms with Gasteiger partial charge in [-0.2, -0.15) is 0 Å². The van der Waals surface area contributed by atoms with Crippen molar-refractivity contribution in [3.05, 3.63) is 0 Å². The van der Waals surface area contributed by atoms with Crippen LogP contribution in [0.2, 0.25) is 0 Å². The monoisotopic (exact) mass is 242 g/mol. The third kappa shape index (κ3) is 4.28. The number of amides is 1. The van der Waals surface area contributed by atoms with Gasteiger partial charge < -0.3 is 15.7 Å². The van der Waals surface area contributed by atoms with Crippen LogP contribution < -0.4 is 5.73 Å². The largest absolute Gasteiger partial charge is 0.395 e. The first-order chi connectivity index (χ1) is 8.20. The first-order valence-corrected chi connectivity index (χ1v) is 6.86. The summed E-state index contributed by atoms with van der Waals surface area (Å²) in [6, 6.07) is 0.00282. The zero-order chi connectivity index (χ0) is 12.7. The van der Waals surface area contributed by atoms with E-state index in [4.69, 9.17) is 10.8 Å². The van der Waals surface area contributed by atoms with Gasteiger partial charge in [-0.25, -0.2) is 0 Å². The number of carbonyl (C=O) groups is 1. The van der Waals surface area contributed by atoms with Crippen LogP contribution in [0.4, 0.5) is 0 Å². The van der Waals surface area contributed by atoms with Crippen molar-refractivity contribution >= 4 is 5.91 Å². The van der Waals surface area contributed by atoms with Gasteiger partial charge in [0, 0.05) is 19.1 Å². The van der Waals surface area contributed by atoms with E-state index < -0.39 is 0 Å². The number of rotatable bonds is 5. The summed E-state index contributed by atoms with van der Waals surface area (Å²) in [5, 5.41) is 9.01. The van der Waals surface area contributed by atoms with Crippen molar-refractivity contribution in [2.75, 3.05) is 19.7 Å². The molecule has 4 nitrogen and oxygen atoms in total. The SMILES string of the molecule is CCCN(CCO)C(=O)C1CCCCCC1N. The van der Waals surface area contributed by atoms with Gasteiger partial charge in [-0.15, -0.1) is 0 Å². The van der Waals surface area contributed by atoms with E-state index >= 15 is 0 Å². The van der Waals surface area contributed by atoms with Crippen LogP contribution in [0.15, 0.2) is 0 Å². The van der Waals surface area contributed by atoms with Crippen molar-refractivity contribution < 1.29 is 9.90 Å². The quantitative estimate of drug-likeness (QED) is 0.710. The number of aliphatic hydroxyl groups excluding tert-OH is 1. The number of hydrogen-bond acceptors (Lipinski definition) is 3. The molecule has 17 heavy (non-hydrogen) atoms. The van der Waals surface area contributed by atoms with E-state index in [9.17, 15) is 4.79 Å². The van der Waals surface area contributed by atoms with Crippen molar-refractivity contribution in [2.24, 2.45) is 11.7 Å². The van der Waals surface area contributed by atoms with Gasteiger partial charge in [-0.05, 0) is 19.3 Å². The molecule has 100 valence electrons. The predicted octanol–water partition coefficient (Wildman–Crippen LogP) is 1.12. The topological polar surface area (TPSA) is 66.6 Å². The predicted molar refractivity (Wildman–Crippen MR) is 68.5 cm³/mol. The zero-order valence-corrected chi connectivity index (χ0v) is 10.9. The lowest BCUT2D eigenvalue weighted by Gasteiger charge is -2.28. The van der Waals surface area contributed by atoms with Crippen LogP contribution in [-0.2, 0) is 4.79 Å². The fourth-order valence-corrected chi connectivity index (χ4v) is 2.60. The molecule has 0 radical (unpaired) electrons. The maximum atomic E-state index is 12.4. The molecule has 1 fully saturated rings. The molecule has 0 saturated heterocycles. The Kier molecular flexibility index (Phi) is 6.52.